The van der Waals surface area contributed by atoms with Gasteiger partial charge in [-0.3, -0.25) is 9.59 Å². The lowest BCUT2D eigenvalue weighted by atomic mass is 9.77. The van der Waals surface area contributed by atoms with Crippen LogP contribution in [-0.4, -0.2) is 16.9 Å². The van der Waals surface area contributed by atoms with Gasteiger partial charge in [0.25, 0.3) is 0 Å². The van der Waals surface area contributed by atoms with Crippen LogP contribution in [0, 0.1) is 5.41 Å². The van der Waals surface area contributed by atoms with E-state index in [0.717, 1.165) is 34.6 Å². The normalized spacial score (nSPS) is 17.1. The fourth-order valence-corrected chi connectivity index (χ4v) is 3.84. The second kappa shape index (κ2) is 6.39. The number of rotatable bonds is 5. The number of benzene rings is 1. The summed E-state index contributed by atoms with van der Waals surface area (Å²) in [4.78, 5) is 23.6. The molecule has 0 radical (unpaired) electrons. The number of carboxylic acids is 1. The van der Waals surface area contributed by atoms with Gasteiger partial charge in [-0.1, -0.05) is 44.7 Å². The zero-order valence-electron chi connectivity index (χ0n) is 11.0. The summed E-state index contributed by atoms with van der Waals surface area (Å²) in [5.74, 6) is -0.797. The number of carboxylic acid groups (broad SMARTS) is 1. The van der Waals surface area contributed by atoms with E-state index in [1.165, 1.54) is 0 Å². The third-order valence-electron chi connectivity index (χ3n) is 3.95. The second-order valence-corrected chi connectivity index (χ2v) is 7.27. The van der Waals surface area contributed by atoms with Crippen LogP contribution >= 0.6 is 31.9 Å². The number of halogens is 2. The molecule has 0 aromatic heterocycles. The fourth-order valence-electron chi connectivity index (χ4n) is 3.01. The van der Waals surface area contributed by atoms with Gasteiger partial charge in [0.15, 0.2) is 5.78 Å². The Bertz CT molecular complexity index is 534. The average molecular weight is 404 g/mol. The molecule has 0 atom stereocenters. The highest BCUT2D eigenvalue weighted by molar-refractivity contribution is 9.11. The molecule has 3 nitrogen and oxygen atoms in total. The van der Waals surface area contributed by atoms with Crippen LogP contribution < -0.4 is 0 Å². The first-order chi connectivity index (χ1) is 9.42. The average Bonchev–Trinajstić information content (AvgIpc) is 2.79. The number of hydrogen-bond donors (Lipinski definition) is 1. The van der Waals surface area contributed by atoms with E-state index in [1.54, 1.807) is 6.07 Å². The summed E-state index contributed by atoms with van der Waals surface area (Å²) in [5.41, 5.74) is 0.265. The quantitative estimate of drug-likeness (QED) is 0.717. The molecule has 1 aromatic carbocycles. The number of carbonyl (C=O) groups is 2. The molecule has 5 heteroatoms. The maximum absolute atomic E-state index is 12.5. The van der Waals surface area contributed by atoms with Crippen LogP contribution in [0.1, 0.15) is 48.9 Å². The highest BCUT2D eigenvalue weighted by atomic mass is 79.9. The number of aliphatic carboxylic acids is 1. The Morgan fingerprint density at radius 3 is 2.40 bits per heavy atom. The minimum atomic E-state index is -0.812. The van der Waals surface area contributed by atoms with Crippen molar-refractivity contribution >= 4 is 43.6 Å². The van der Waals surface area contributed by atoms with Gasteiger partial charge in [-0.25, -0.2) is 0 Å². The second-order valence-electron chi connectivity index (χ2n) is 5.50. The predicted molar refractivity (Wildman–Crippen MR) is 83.9 cm³/mol. The number of hydrogen-bond acceptors (Lipinski definition) is 2. The molecule has 1 saturated carbocycles. The molecule has 20 heavy (non-hydrogen) atoms. The first kappa shape index (κ1) is 15.7. The van der Waals surface area contributed by atoms with E-state index in [0.29, 0.717) is 12.0 Å². The molecule has 0 aliphatic heterocycles. The lowest BCUT2D eigenvalue weighted by Gasteiger charge is -2.26. The molecule has 0 spiro atoms. The zero-order valence-corrected chi connectivity index (χ0v) is 14.2. The Kier molecular flexibility index (Phi) is 5.02. The van der Waals surface area contributed by atoms with E-state index >= 15 is 0 Å². The fraction of sp³-hybridized carbons (Fsp3) is 0.467. The van der Waals surface area contributed by atoms with Crippen molar-refractivity contribution in [3.05, 3.63) is 32.7 Å². The summed E-state index contributed by atoms with van der Waals surface area (Å²) in [5, 5.41) is 9.09. The van der Waals surface area contributed by atoms with Gasteiger partial charge in [-0.2, -0.15) is 0 Å². The molecule has 2 rings (SSSR count). The molecule has 0 bridgehead atoms. The largest absolute Gasteiger partial charge is 0.481 e. The standard InChI is InChI=1S/C15H16Br2O3/c16-10-3-4-12(17)11(7-10)13(18)8-15(9-14(19)20)5-1-2-6-15/h3-4,7H,1-2,5-6,8-9H2,(H,19,20). The Hall–Kier alpha value is -0.680. The summed E-state index contributed by atoms with van der Waals surface area (Å²) in [6.07, 6.45) is 4.09. The van der Waals surface area contributed by atoms with Crippen LogP contribution in [0.4, 0.5) is 0 Å². The molecule has 0 heterocycles. The van der Waals surface area contributed by atoms with Gasteiger partial charge < -0.3 is 5.11 Å². The number of Topliss-reactive ketones (excluding diaryl/α,β-unsaturated/α-hetero) is 1. The van der Waals surface area contributed by atoms with Gasteiger partial charge in [0.2, 0.25) is 0 Å². The molecule has 1 aliphatic rings. The highest BCUT2D eigenvalue weighted by Crippen LogP contribution is 2.45. The third-order valence-corrected chi connectivity index (χ3v) is 5.14. The van der Waals surface area contributed by atoms with Crippen molar-refractivity contribution in [3.63, 3.8) is 0 Å². The molecule has 1 aliphatic carbocycles. The lowest BCUT2D eigenvalue weighted by Crippen LogP contribution is -2.25. The molecular weight excluding hydrogens is 388 g/mol. The van der Waals surface area contributed by atoms with Crippen molar-refractivity contribution in [1.82, 2.24) is 0 Å². The molecule has 108 valence electrons. The van der Waals surface area contributed by atoms with Crippen LogP contribution in [0.5, 0.6) is 0 Å². The molecular formula is C15H16Br2O3. The Labute approximate surface area is 135 Å². The first-order valence-electron chi connectivity index (χ1n) is 6.62. The van der Waals surface area contributed by atoms with Gasteiger partial charge >= 0.3 is 5.97 Å². The monoisotopic (exact) mass is 402 g/mol. The number of carbonyl (C=O) groups excluding carboxylic acids is 1. The molecule has 0 amide bonds. The van der Waals surface area contributed by atoms with E-state index in [9.17, 15) is 9.59 Å². The van der Waals surface area contributed by atoms with Crippen molar-refractivity contribution in [2.24, 2.45) is 5.41 Å². The molecule has 1 N–H and O–H groups in total. The highest BCUT2D eigenvalue weighted by Gasteiger charge is 2.38. The van der Waals surface area contributed by atoms with Crippen molar-refractivity contribution in [3.8, 4) is 0 Å². The summed E-state index contributed by atoms with van der Waals surface area (Å²) >= 11 is 6.75. The van der Waals surface area contributed by atoms with Crippen molar-refractivity contribution < 1.29 is 14.7 Å². The minimum Gasteiger partial charge on any atom is -0.481 e. The predicted octanol–water partition coefficient (Wildman–Crippen LogP) is 4.82. The molecule has 1 fully saturated rings. The third kappa shape index (κ3) is 3.70. The minimum absolute atomic E-state index is 0.0151. The first-order valence-corrected chi connectivity index (χ1v) is 8.21. The van der Waals surface area contributed by atoms with Crippen LogP contribution in [-0.2, 0) is 4.79 Å². The van der Waals surface area contributed by atoms with Crippen molar-refractivity contribution in [2.75, 3.05) is 0 Å². The smallest absolute Gasteiger partial charge is 0.303 e. The molecule has 0 saturated heterocycles. The van der Waals surface area contributed by atoms with E-state index in [4.69, 9.17) is 5.11 Å². The summed E-state index contributed by atoms with van der Waals surface area (Å²) in [6, 6.07) is 5.48. The topological polar surface area (TPSA) is 54.4 Å². The summed E-state index contributed by atoms with van der Waals surface area (Å²) in [7, 11) is 0. The molecule has 0 unspecified atom stereocenters. The van der Waals surface area contributed by atoms with Gasteiger partial charge in [-0.15, -0.1) is 0 Å². The van der Waals surface area contributed by atoms with Gasteiger partial charge in [0.05, 0.1) is 6.42 Å². The lowest BCUT2D eigenvalue weighted by molar-refractivity contribution is -0.139. The van der Waals surface area contributed by atoms with E-state index in [2.05, 4.69) is 31.9 Å². The zero-order chi connectivity index (χ0) is 14.8. The van der Waals surface area contributed by atoms with Crippen molar-refractivity contribution in [1.29, 1.82) is 0 Å². The molecule has 1 aromatic rings. The maximum atomic E-state index is 12.5. The maximum Gasteiger partial charge on any atom is 0.303 e. The number of ketones is 1. The van der Waals surface area contributed by atoms with Crippen molar-refractivity contribution in [2.45, 2.75) is 38.5 Å². The van der Waals surface area contributed by atoms with Crippen LogP contribution in [0.3, 0.4) is 0 Å². The van der Waals surface area contributed by atoms with Gasteiger partial charge in [0.1, 0.15) is 0 Å². The summed E-state index contributed by atoms with van der Waals surface area (Å²) < 4.78 is 1.61. The van der Waals surface area contributed by atoms with Crippen LogP contribution in [0.15, 0.2) is 27.1 Å². The van der Waals surface area contributed by atoms with Gasteiger partial charge in [-0.05, 0) is 36.5 Å². The van der Waals surface area contributed by atoms with Crippen LogP contribution in [0.2, 0.25) is 0 Å². The van der Waals surface area contributed by atoms with Crippen LogP contribution in [0.25, 0.3) is 0 Å². The Morgan fingerprint density at radius 1 is 1.15 bits per heavy atom. The Balaban J connectivity index is 2.20. The Morgan fingerprint density at radius 2 is 1.80 bits per heavy atom. The van der Waals surface area contributed by atoms with E-state index in [1.807, 2.05) is 12.1 Å². The van der Waals surface area contributed by atoms with E-state index in [-0.39, 0.29) is 17.6 Å². The van der Waals surface area contributed by atoms with Gasteiger partial charge in [0, 0.05) is 20.9 Å². The van der Waals surface area contributed by atoms with E-state index < -0.39 is 5.97 Å². The summed E-state index contributed by atoms with van der Waals surface area (Å²) in [6.45, 7) is 0. The SMILES string of the molecule is O=C(O)CC1(CC(=O)c2cc(Br)ccc2Br)CCCC1.